The second kappa shape index (κ2) is 9.45. The Morgan fingerprint density at radius 1 is 1.29 bits per heavy atom. The molecule has 28 heavy (non-hydrogen) atoms. The number of aromatic nitrogens is 4. The molecule has 0 saturated carbocycles. The first-order chi connectivity index (χ1) is 13.6. The lowest BCUT2D eigenvalue weighted by Gasteiger charge is -2.12. The molecule has 3 rings (SSSR count). The zero-order valence-corrected chi connectivity index (χ0v) is 16.6. The molecule has 0 aliphatic heterocycles. The van der Waals surface area contributed by atoms with Crippen molar-refractivity contribution in [1.29, 1.82) is 0 Å². The third kappa shape index (κ3) is 4.94. The number of halogens is 1. The minimum absolute atomic E-state index is 0.0281. The number of hydrogen-bond acceptors (Lipinski definition) is 6. The molecular formula is C18H18ClN5O3S. The summed E-state index contributed by atoms with van der Waals surface area (Å²) in [5, 5.41) is 10.3. The topological polar surface area (TPSA) is 94.1 Å². The third-order valence-corrected chi connectivity index (χ3v) is 4.30. The highest BCUT2D eigenvalue weighted by Gasteiger charge is 2.14. The van der Waals surface area contributed by atoms with Crippen LogP contribution in [-0.4, -0.2) is 46.0 Å². The van der Waals surface area contributed by atoms with Gasteiger partial charge in [-0.1, -0.05) is 11.6 Å². The van der Waals surface area contributed by atoms with Gasteiger partial charge in [-0.05, 0) is 48.6 Å². The number of methoxy groups -OCH3 is 1. The van der Waals surface area contributed by atoms with E-state index in [4.69, 9.17) is 33.3 Å². The SMILES string of the molecule is COCCOc1ncccc1NC(=O)Cn1c(-c2ccc(Cl)cc2)n[nH]c1=S. The van der Waals surface area contributed by atoms with Crippen LogP contribution in [0.2, 0.25) is 5.02 Å². The fraction of sp³-hybridized carbons (Fsp3) is 0.222. The number of hydrogen-bond donors (Lipinski definition) is 2. The van der Waals surface area contributed by atoms with Crippen molar-refractivity contribution in [3.8, 4) is 17.3 Å². The maximum absolute atomic E-state index is 12.6. The van der Waals surface area contributed by atoms with Crippen LogP contribution >= 0.6 is 23.8 Å². The maximum atomic E-state index is 12.6. The van der Waals surface area contributed by atoms with Crippen LogP contribution < -0.4 is 10.1 Å². The Balaban J connectivity index is 1.75. The van der Waals surface area contributed by atoms with Crippen LogP contribution in [0.5, 0.6) is 5.88 Å². The van der Waals surface area contributed by atoms with Crippen LogP contribution in [0.15, 0.2) is 42.6 Å². The molecule has 146 valence electrons. The number of aromatic amines is 1. The zero-order valence-electron chi connectivity index (χ0n) is 15.0. The van der Waals surface area contributed by atoms with E-state index in [1.165, 1.54) is 0 Å². The molecule has 2 aromatic heterocycles. The lowest BCUT2D eigenvalue weighted by atomic mass is 10.2. The van der Waals surface area contributed by atoms with E-state index in [2.05, 4.69) is 20.5 Å². The van der Waals surface area contributed by atoms with Gasteiger partial charge in [0.2, 0.25) is 11.8 Å². The van der Waals surface area contributed by atoms with Crippen LogP contribution in [-0.2, 0) is 16.1 Å². The number of benzene rings is 1. The summed E-state index contributed by atoms with van der Waals surface area (Å²) in [6.07, 6.45) is 1.59. The Kier molecular flexibility index (Phi) is 6.75. The standard InChI is InChI=1S/C18H18ClN5O3S/c1-26-9-10-27-17-14(3-2-8-20-17)21-15(25)11-24-16(22-23-18(24)28)12-4-6-13(19)7-5-12/h2-8H,9-11H2,1H3,(H,21,25)(H,23,28). The largest absolute Gasteiger partial charge is 0.474 e. The van der Waals surface area contributed by atoms with Gasteiger partial charge in [-0.15, -0.1) is 0 Å². The Morgan fingerprint density at radius 2 is 2.07 bits per heavy atom. The number of nitrogens with zero attached hydrogens (tertiary/aromatic N) is 3. The van der Waals surface area contributed by atoms with Gasteiger partial charge in [0.05, 0.1) is 6.61 Å². The predicted octanol–water partition coefficient (Wildman–Crippen LogP) is 3.32. The quantitative estimate of drug-likeness (QED) is 0.429. The summed E-state index contributed by atoms with van der Waals surface area (Å²) in [4.78, 5) is 16.7. The van der Waals surface area contributed by atoms with Crippen molar-refractivity contribution in [2.75, 3.05) is 25.6 Å². The average molecular weight is 420 g/mol. The van der Waals surface area contributed by atoms with Gasteiger partial charge in [0.1, 0.15) is 18.8 Å². The predicted molar refractivity (Wildman–Crippen MR) is 108 cm³/mol. The molecule has 2 N–H and O–H groups in total. The number of carbonyl (C=O) groups is 1. The Bertz CT molecular complexity index is 1000. The molecule has 1 amide bonds. The summed E-state index contributed by atoms with van der Waals surface area (Å²) in [6.45, 7) is 0.710. The number of H-pyrrole nitrogens is 1. The van der Waals surface area contributed by atoms with Crippen molar-refractivity contribution in [3.05, 3.63) is 52.4 Å². The van der Waals surface area contributed by atoms with E-state index in [-0.39, 0.29) is 12.5 Å². The molecule has 8 nitrogen and oxygen atoms in total. The molecule has 1 aromatic carbocycles. The van der Waals surface area contributed by atoms with Crippen molar-refractivity contribution in [2.24, 2.45) is 0 Å². The minimum Gasteiger partial charge on any atom is -0.474 e. The van der Waals surface area contributed by atoms with Gasteiger partial charge >= 0.3 is 0 Å². The van der Waals surface area contributed by atoms with Gasteiger partial charge in [-0.25, -0.2) is 4.98 Å². The van der Waals surface area contributed by atoms with E-state index in [9.17, 15) is 4.79 Å². The van der Waals surface area contributed by atoms with Gasteiger partial charge in [0.15, 0.2) is 10.6 Å². The Hall–Kier alpha value is -2.75. The fourth-order valence-electron chi connectivity index (χ4n) is 2.44. The summed E-state index contributed by atoms with van der Waals surface area (Å²) < 4.78 is 12.4. The fourth-order valence-corrected chi connectivity index (χ4v) is 2.76. The number of rotatable bonds is 8. The molecule has 0 spiro atoms. The highest BCUT2D eigenvalue weighted by molar-refractivity contribution is 7.71. The first-order valence-electron chi connectivity index (χ1n) is 8.36. The van der Waals surface area contributed by atoms with E-state index >= 15 is 0 Å². The number of amides is 1. The van der Waals surface area contributed by atoms with E-state index in [1.807, 2.05) is 12.1 Å². The number of pyridine rings is 1. The molecule has 0 radical (unpaired) electrons. The monoisotopic (exact) mass is 419 g/mol. The van der Waals surface area contributed by atoms with Gasteiger partial charge < -0.3 is 14.8 Å². The summed E-state index contributed by atoms with van der Waals surface area (Å²) in [7, 11) is 1.58. The summed E-state index contributed by atoms with van der Waals surface area (Å²) in [5.74, 6) is 0.568. The molecule has 0 bridgehead atoms. The molecule has 0 saturated heterocycles. The molecule has 0 aliphatic rings. The van der Waals surface area contributed by atoms with E-state index in [1.54, 1.807) is 42.1 Å². The van der Waals surface area contributed by atoms with Gasteiger partial charge in [-0.2, -0.15) is 5.10 Å². The molecule has 0 aliphatic carbocycles. The van der Waals surface area contributed by atoms with Crippen LogP contribution in [0.25, 0.3) is 11.4 Å². The first kappa shape index (κ1) is 20.0. The number of anilines is 1. The van der Waals surface area contributed by atoms with Crippen molar-refractivity contribution >= 4 is 35.4 Å². The molecule has 0 atom stereocenters. The summed E-state index contributed by atoms with van der Waals surface area (Å²) in [6, 6.07) is 10.5. The molecular weight excluding hydrogens is 402 g/mol. The molecule has 2 heterocycles. The molecule has 10 heteroatoms. The van der Waals surface area contributed by atoms with Crippen molar-refractivity contribution in [2.45, 2.75) is 6.54 Å². The Labute approximate surface area is 171 Å². The molecule has 0 fully saturated rings. The lowest BCUT2D eigenvalue weighted by molar-refractivity contribution is -0.116. The molecule has 3 aromatic rings. The third-order valence-electron chi connectivity index (χ3n) is 3.73. The first-order valence-corrected chi connectivity index (χ1v) is 9.15. The highest BCUT2D eigenvalue weighted by atomic mass is 35.5. The number of ether oxygens (including phenoxy) is 2. The number of nitrogens with one attached hydrogen (secondary N) is 2. The van der Waals surface area contributed by atoms with Crippen molar-refractivity contribution in [1.82, 2.24) is 19.7 Å². The van der Waals surface area contributed by atoms with Crippen LogP contribution in [0.4, 0.5) is 5.69 Å². The van der Waals surface area contributed by atoms with E-state index in [0.29, 0.717) is 40.4 Å². The van der Waals surface area contributed by atoms with Crippen molar-refractivity contribution < 1.29 is 14.3 Å². The van der Waals surface area contributed by atoms with E-state index < -0.39 is 0 Å². The summed E-state index contributed by atoms with van der Waals surface area (Å²) in [5.41, 5.74) is 1.25. The van der Waals surface area contributed by atoms with Crippen LogP contribution in [0.3, 0.4) is 0 Å². The summed E-state index contributed by atoms with van der Waals surface area (Å²) >= 11 is 11.2. The zero-order chi connectivity index (χ0) is 19.9. The van der Waals surface area contributed by atoms with Crippen LogP contribution in [0, 0.1) is 4.77 Å². The lowest BCUT2D eigenvalue weighted by Crippen LogP contribution is -2.20. The minimum atomic E-state index is -0.294. The highest BCUT2D eigenvalue weighted by Crippen LogP contribution is 2.22. The average Bonchev–Trinajstić information content (AvgIpc) is 3.04. The maximum Gasteiger partial charge on any atom is 0.244 e. The van der Waals surface area contributed by atoms with Gasteiger partial charge in [-0.3, -0.25) is 14.5 Å². The van der Waals surface area contributed by atoms with Gasteiger partial charge in [0, 0.05) is 23.9 Å². The van der Waals surface area contributed by atoms with E-state index in [0.717, 1.165) is 5.56 Å². The Morgan fingerprint density at radius 3 is 2.82 bits per heavy atom. The smallest absolute Gasteiger partial charge is 0.244 e. The second-order valence-corrected chi connectivity index (χ2v) is 6.51. The number of carbonyl (C=O) groups excluding carboxylic acids is 1. The molecule has 0 unspecified atom stereocenters. The van der Waals surface area contributed by atoms with Crippen LogP contribution in [0.1, 0.15) is 0 Å². The normalized spacial score (nSPS) is 10.6. The second-order valence-electron chi connectivity index (χ2n) is 5.69. The van der Waals surface area contributed by atoms with Gasteiger partial charge in [0.25, 0.3) is 0 Å². The van der Waals surface area contributed by atoms with Crippen molar-refractivity contribution in [3.63, 3.8) is 0 Å².